The first-order valence-electron chi connectivity index (χ1n) is 6.72. The second-order valence-electron chi connectivity index (χ2n) is 5.20. The molecule has 1 amide bonds. The highest BCUT2D eigenvalue weighted by Crippen LogP contribution is 2.13. The molecule has 2 heterocycles. The van der Waals surface area contributed by atoms with E-state index in [1.165, 1.54) is 0 Å². The summed E-state index contributed by atoms with van der Waals surface area (Å²) < 4.78 is 1.77. The molecule has 0 atom stereocenters. The Balaban J connectivity index is 1.74. The minimum Gasteiger partial charge on any atom is -0.353 e. The molecule has 1 fully saturated rings. The minimum atomic E-state index is 0.0978. The maximum absolute atomic E-state index is 11.9. The zero-order valence-electron chi connectivity index (χ0n) is 11.5. The Morgan fingerprint density at radius 2 is 2.21 bits per heavy atom. The molecular formula is C13H21ClN4O. The Morgan fingerprint density at radius 3 is 2.79 bits per heavy atom. The molecule has 5 nitrogen and oxygen atoms in total. The smallest absolute Gasteiger partial charge is 0.222 e. The van der Waals surface area contributed by atoms with Crippen LogP contribution in [-0.4, -0.2) is 46.8 Å². The van der Waals surface area contributed by atoms with Crippen molar-refractivity contribution >= 4 is 17.5 Å². The number of hydrogen-bond donors (Lipinski definition) is 1. The van der Waals surface area contributed by atoms with Gasteiger partial charge in [0.25, 0.3) is 0 Å². The molecule has 0 saturated carbocycles. The lowest BCUT2D eigenvalue weighted by Gasteiger charge is -2.29. The van der Waals surface area contributed by atoms with Gasteiger partial charge in [0.15, 0.2) is 0 Å². The summed E-state index contributed by atoms with van der Waals surface area (Å²) in [5.74, 6) is 0.0978. The van der Waals surface area contributed by atoms with Gasteiger partial charge >= 0.3 is 0 Å². The van der Waals surface area contributed by atoms with Gasteiger partial charge in [0.2, 0.25) is 5.91 Å². The van der Waals surface area contributed by atoms with Crippen LogP contribution in [0.15, 0.2) is 6.20 Å². The van der Waals surface area contributed by atoms with Crippen LogP contribution in [0.3, 0.4) is 0 Å². The van der Waals surface area contributed by atoms with Crippen LogP contribution in [0.4, 0.5) is 0 Å². The average Bonchev–Trinajstić information content (AvgIpc) is 2.70. The number of carbonyl (C=O) groups excluding carboxylic acids is 1. The van der Waals surface area contributed by atoms with Crippen molar-refractivity contribution in [1.82, 2.24) is 20.0 Å². The first-order valence-corrected chi connectivity index (χ1v) is 7.10. The number of amides is 1. The van der Waals surface area contributed by atoms with E-state index in [1.807, 2.05) is 6.92 Å². The number of halogens is 1. The SMILES string of the molecule is Cc1c(Cl)cnn1CCC(=O)NC1CCN(C)CC1. The average molecular weight is 285 g/mol. The molecular weight excluding hydrogens is 264 g/mol. The Hall–Kier alpha value is -1.07. The van der Waals surface area contributed by atoms with Crippen LogP contribution in [0, 0.1) is 6.92 Å². The maximum atomic E-state index is 11.9. The number of hydrogen-bond acceptors (Lipinski definition) is 3. The van der Waals surface area contributed by atoms with E-state index in [0.717, 1.165) is 31.6 Å². The van der Waals surface area contributed by atoms with Crippen LogP contribution < -0.4 is 5.32 Å². The molecule has 0 aromatic carbocycles. The van der Waals surface area contributed by atoms with Gasteiger partial charge in [-0.25, -0.2) is 0 Å². The zero-order chi connectivity index (χ0) is 13.8. The third-order valence-corrected chi connectivity index (χ3v) is 4.05. The largest absolute Gasteiger partial charge is 0.353 e. The van der Waals surface area contributed by atoms with Crippen molar-refractivity contribution in [3.63, 3.8) is 0 Å². The second kappa shape index (κ2) is 6.39. The molecule has 1 aliphatic heterocycles. The molecule has 1 N–H and O–H groups in total. The first-order chi connectivity index (χ1) is 9.06. The van der Waals surface area contributed by atoms with E-state index in [4.69, 9.17) is 11.6 Å². The zero-order valence-corrected chi connectivity index (χ0v) is 12.3. The molecule has 19 heavy (non-hydrogen) atoms. The lowest BCUT2D eigenvalue weighted by atomic mass is 10.1. The monoisotopic (exact) mass is 284 g/mol. The molecule has 0 aliphatic carbocycles. The molecule has 106 valence electrons. The van der Waals surface area contributed by atoms with Gasteiger partial charge in [0, 0.05) is 12.5 Å². The van der Waals surface area contributed by atoms with Crippen molar-refractivity contribution in [2.45, 2.75) is 38.8 Å². The number of piperidine rings is 1. The number of nitrogens with one attached hydrogen (secondary N) is 1. The maximum Gasteiger partial charge on any atom is 0.222 e. The van der Waals surface area contributed by atoms with Gasteiger partial charge in [-0.3, -0.25) is 9.48 Å². The van der Waals surface area contributed by atoms with Crippen molar-refractivity contribution in [3.8, 4) is 0 Å². The van der Waals surface area contributed by atoms with Crippen LogP contribution in [0.5, 0.6) is 0 Å². The van der Waals surface area contributed by atoms with Gasteiger partial charge in [-0.1, -0.05) is 11.6 Å². The lowest BCUT2D eigenvalue weighted by molar-refractivity contribution is -0.122. The highest BCUT2D eigenvalue weighted by Gasteiger charge is 2.18. The van der Waals surface area contributed by atoms with Gasteiger partial charge in [-0.2, -0.15) is 5.10 Å². The molecule has 1 aromatic heterocycles. The Bertz CT molecular complexity index is 438. The quantitative estimate of drug-likeness (QED) is 0.910. The minimum absolute atomic E-state index is 0.0978. The fourth-order valence-electron chi connectivity index (χ4n) is 2.31. The summed E-state index contributed by atoms with van der Waals surface area (Å²) in [5.41, 5.74) is 0.911. The molecule has 1 aliphatic rings. The van der Waals surface area contributed by atoms with Crippen molar-refractivity contribution in [2.24, 2.45) is 0 Å². The first kappa shape index (κ1) is 14.3. The van der Waals surface area contributed by atoms with Gasteiger partial charge in [0.05, 0.1) is 23.5 Å². The summed E-state index contributed by atoms with van der Waals surface area (Å²) in [6.07, 6.45) is 4.14. The van der Waals surface area contributed by atoms with E-state index >= 15 is 0 Å². The van der Waals surface area contributed by atoms with Gasteiger partial charge in [0.1, 0.15) is 0 Å². The van der Waals surface area contributed by atoms with Crippen LogP contribution >= 0.6 is 11.6 Å². The molecule has 1 saturated heterocycles. The standard InChI is InChI=1S/C13H21ClN4O/c1-10-12(14)9-15-18(10)8-5-13(19)16-11-3-6-17(2)7-4-11/h9,11H,3-8H2,1-2H3,(H,16,19). The highest BCUT2D eigenvalue weighted by molar-refractivity contribution is 6.31. The molecule has 1 aromatic rings. The fraction of sp³-hybridized carbons (Fsp3) is 0.692. The van der Waals surface area contributed by atoms with Crippen molar-refractivity contribution in [3.05, 3.63) is 16.9 Å². The number of carbonyl (C=O) groups is 1. The second-order valence-corrected chi connectivity index (χ2v) is 5.60. The van der Waals surface area contributed by atoms with Gasteiger partial charge in [-0.15, -0.1) is 0 Å². The van der Waals surface area contributed by atoms with E-state index in [-0.39, 0.29) is 5.91 Å². The molecule has 0 bridgehead atoms. The van der Waals surface area contributed by atoms with Crippen LogP contribution in [-0.2, 0) is 11.3 Å². The fourth-order valence-corrected chi connectivity index (χ4v) is 2.45. The Morgan fingerprint density at radius 1 is 1.53 bits per heavy atom. The van der Waals surface area contributed by atoms with Gasteiger partial charge < -0.3 is 10.2 Å². The van der Waals surface area contributed by atoms with E-state index < -0.39 is 0 Å². The van der Waals surface area contributed by atoms with Crippen LogP contribution in [0.2, 0.25) is 5.02 Å². The van der Waals surface area contributed by atoms with Crippen LogP contribution in [0.25, 0.3) is 0 Å². The summed E-state index contributed by atoms with van der Waals surface area (Å²) in [4.78, 5) is 14.2. The highest BCUT2D eigenvalue weighted by atomic mass is 35.5. The van der Waals surface area contributed by atoms with Gasteiger partial charge in [-0.05, 0) is 39.9 Å². The van der Waals surface area contributed by atoms with Crippen molar-refractivity contribution < 1.29 is 4.79 Å². The number of nitrogens with zero attached hydrogens (tertiary/aromatic N) is 3. The van der Waals surface area contributed by atoms with E-state index in [9.17, 15) is 4.79 Å². The third-order valence-electron chi connectivity index (χ3n) is 3.68. The molecule has 0 unspecified atom stereocenters. The molecule has 0 radical (unpaired) electrons. The Kier molecular flexibility index (Phi) is 4.82. The van der Waals surface area contributed by atoms with Crippen LogP contribution in [0.1, 0.15) is 25.0 Å². The summed E-state index contributed by atoms with van der Waals surface area (Å²) >= 11 is 5.93. The summed E-state index contributed by atoms with van der Waals surface area (Å²) in [5, 5.41) is 7.89. The Labute approximate surface area is 118 Å². The number of rotatable bonds is 4. The normalized spacial score (nSPS) is 17.6. The van der Waals surface area contributed by atoms with E-state index in [1.54, 1.807) is 10.9 Å². The van der Waals surface area contributed by atoms with Crippen molar-refractivity contribution in [1.29, 1.82) is 0 Å². The predicted octanol–water partition coefficient (Wildman–Crippen LogP) is 1.45. The molecule has 6 heteroatoms. The third kappa shape index (κ3) is 3.94. The number of aryl methyl sites for hydroxylation is 1. The topological polar surface area (TPSA) is 50.2 Å². The van der Waals surface area contributed by atoms with E-state index in [0.29, 0.717) is 24.0 Å². The van der Waals surface area contributed by atoms with E-state index in [2.05, 4.69) is 22.4 Å². The number of likely N-dealkylation sites (tertiary alicyclic amines) is 1. The summed E-state index contributed by atoms with van der Waals surface area (Å²) in [7, 11) is 2.11. The molecule has 2 rings (SSSR count). The van der Waals surface area contributed by atoms with Crippen molar-refractivity contribution in [2.75, 3.05) is 20.1 Å². The lowest BCUT2D eigenvalue weighted by Crippen LogP contribution is -2.43. The molecule has 0 spiro atoms. The summed E-state index contributed by atoms with van der Waals surface area (Å²) in [6.45, 7) is 4.60. The predicted molar refractivity (Wildman–Crippen MR) is 75.3 cm³/mol. The number of aromatic nitrogens is 2. The summed E-state index contributed by atoms with van der Waals surface area (Å²) in [6, 6.07) is 0.325.